The Hall–Kier alpha value is -3.16. The molecule has 0 aliphatic carbocycles. The monoisotopic (exact) mass is 395 g/mol. The van der Waals surface area contributed by atoms with Gasteiger partial charge in [-0.05, 0) is 38.5 Å². The summed E-state index contributed by atoms with van der Waals surface area (Å²) in [7, 11) is 1.73. The fourth-order valence-corrected chi connectivity index (χ4v) is 3.04. The number of carbonyl (C=O) groups excluding carboxylic acids is 1. The van der Waals surface area contributed by atoms with E-state index in [1.54, 1.807) is 42.9 Å². The zero-order valence-electron chi connectivity index (χ0n) is 16.9. The third-order valence-electron chi connectivity index (χ3n) is 4.71. The summed E-state index contributed by atoms with van der Waals surface area (Å²) in [5.41, 5.74) is 3.29. The Kier molecular flexibility index (Phi) is 6.00. The van der Waals surface area contributed by atoms with Crippen LogP contribution in [-0.4, -0.2) is 25.9 Å². The third-order valence-corrected chi connectivity index (χ3v) is 4.71. The molecule has 7 heteroatoms. The number of ether oxygens (including phenoxy) is 1. The van der Waals surface area contributed by atoms with Gasteiger partial charge < -0.3 is 20.3 Å². The van der Waals surface area contributed by atoms with Gasteiger partial charge in [0, 0.05) is 12.6 Å². The fraction of sp³-hybridized carbons (Fsp3) is 0.273. The van der Waals surface area contributed by atoms with E-state index in [0.29, 0.717) is 28.5 Å². The molecule has 1 aromatic heterocycles. The Balaban J connectivity index is 1.80. The molecule has 1 atom stereocenters. The average Bonchev–Trinajstić information content (AvgIpc) is 2.96. The first-order valence-corrected chi connectivity index (χ1v) is 9.31. The zero-order chi connectivity index (χ0) is 21.1. The number of carbonyl (C=O) groups is 1. The van der Waals surface area contributed by atoms with Crippen LogP contribution in [-0.2, 0) is 7.05 Å². The molecule has 1 amide bonds. The molecular weight excluding hydrogens is 370 g/mol. The number of aromatic nitrogens is 2. The normalized spacial score (nSPS) is 12.1. The van der Waals surface area contributed by atoms with Gasteiger partial charge in [-0.1, -0.05) is 42.0 Å². The van der Waals surface area contributed by atoms with E-state index in [9.17, 15) is 15.0 Å². The highest BCUT2D eigenvalue weighted by Crippen LogP contribution is 2.28. The number of rotatable bonds is 6. The standard InChI is InChI=1S/C22H25N3O4/c1-13-5-11-18(12-6-13)29-21-19(15(3)24-25(21)4)20(26)23-14(2)16-7-9-17(10-8-16)22(27)28/h5-12,14,22,27-28H,1-4H3,(H,23,26). The lowest BCUT2D eigenvalue weighted by atomic mass is 10.1. The van der Waals surface area contributed by atoms with E-state index in [0.717, 1.165) is 11.1 Å². The summed E-state index contributed by atoms with van der Waals surface area (Å²) >= 11 is 0. The predicted octanol–water partition coefficient (Wildman–Crippen LogP) is 3.30. The van der Waals surface area contributed by atoms with Gasteiger partial charge in [0.2, 0.25) is 5.88 Å². The van der Waals surface area contributed by atoms with Crippen molar-refractivity contribution in [2.75, 3.05) is 0 Å². The number of aryl methyl sites for hydroxylation is 3. The number of nitrogens with zero attached hydrogens (tertiary/aromatic N) is 2. The maximum atomic E-state index is 13.0. The van der Waals surface area contributed by atoms with Crippen LogP contribution in [0.1, 0.15) is 52.0 Å². The Morgan fingerprint density at radius 2 is 1.62 bits per heavy atom. The SMILES string of the molecule is Cc1ccc(Oc2c(C(=O)NC(C)c3ccc(C(O)O)cc3)c(C)nn2C)cc1. The molecule has 0 saturated carbocycles. The summed E-state index contributed by atoms with van der Waals surface area (Å²) in [6.07, 6.45) is -1.52. The van der Waals surface area contributed by atoms with Gasteiger partial charge in [-0.3, -0.25) is 4.79 Å². The minimum Gasteiger partial charge on any atom is -0.438 e. The van der Waals surface area contributed by atoms with Crippen LogP contribution >= 0.6 is 0 Å². The zero-order valence-corrected chi connectivity index (χ0v) is 16.9. The van der Waals surface area contributed by atoms with E-state index in [2.05, 4.69) is 10.4 Å². The molecule has 0 saturated heterocycles. The largest absolute Gasteiger partial charge is 0.438 e. The molecular formula is C22H25N3O4. The summed E-state index contributed by atoms with van der Waals surface area (Å²) in [5, 5.41) is 25.7. The minimum absolute atomic E-state index is 0.292. The maximum absolute atomic E-state index is 13.0. The predicted molar refractivity (Wildman–Crippen MR) is 109 cm³/mol. The second-order valence-corrected chi connectivity index (χ2v) is 7.04. The topological polar surface area (TPSA) is 96.6 Å². The average molecular weight is 395 g/mol. The highest BCUT2D eigenvalue weighted by atomic mass is 16.5. The first-order chi connectivity index (χ1) is 13.8. The van der Waals surface area contributed by atoms with E-state index in [-0.39, 0.29) is 11.9 Å². The molecule has 1 unspecified atom stereocenters. The number of aliphatic hydroxyl groups excluding tert-OH is 1. The number of hydrogen-bond acceptors (Lipinski definition) is 5. The van der Waals surface area contributed by atoms with Gasteiger partial charge in [-0.2, -0.15) is 5.10 Å². The highest BCUT2D eigenvalue weighted by Gasteiger charge is 2.24. The molecule has 3 N–H and O–H groups in total. The van der Waals surface area contributed by atoms with Crippen molar-refractivity contribution < 1.29 is 19.7 Å². The number of hydrogen-bond donors (Lipinski definition) is 3. The van der Waals surface area contributed by atoms with Gasteiger partial charge in [-0.15, -0.1) is 0 Å². The lowest BCUT2D eigenvalue weighted by molar-refractivity contribution is -0.0425. The van der Waals surface area contributed by atoms with E-state index >= 15 is 0 Å². The molecule has 0 aliphatic heterocycles. The number of nitrogens with one attached hydrogen (secondary N) is 1. The third kappa shape index (κ3) is 4.64. The van der Waals surface area contributed by atoms with Gasteiger partial charge in [0.1, 0.15) is 11.3 Å². The molecule has 3 rings (SSSR count). The first-order valence-electron chi connectivity index (χ1n) is 9.31. The Morgan fingerprint density at radius 3 is 2.21 bits per heavy atom. The summed E-state index contributed by atoms with van der Waals surface area (Å²) in [6, 6.07) is 14.0. The second-order valence-electron chi connectivity index (χ2n) is 7.04. The maximum Gasteiger partial charge on any atom is 0.259 e. The number of aliphatic hydroxyl groups is 2. The number of amides is 1. The summed E-state index contributed by atoms with van der Waals surface area (Å²) in [4.78, 5) is 13.0. The van der Waals surface area contributed by atoms with E-state index in [1.165, 1.54) is 0 Å². The van der Waals surface area contributed by atoms with Gasteiger partial charge in [-0.25, -0.2) is 4.68 Å². The summed E-state index contributed by atoms with van der Waals surface area (Å²) < 4.78 is 7.50. The van der Waals surface area contributed by atoms with Crippen LogP contribution in [0.5, 0.6) is 11.6 Å². The molecule has 152 valence electrons. The van der Waals surface area contributed by atoms with E-state index < -0.39 is 6.29 Å². The second kappa shape index (κ2) is 8.46. The molecule has 0 bridgehead atoms. The van der Waals surface area contributed by atoms with Crippen molar-refractivity contribution in [3.05, 3.63) is 76.5 Å². The molecule has 2 aromatic carbocycles. The van der Waals surface area contributed by atoms with Crippen molar-refractivity contribution in [1.29, 1.82) is 0 Å². The minimum atomic E-state index is -1.52. The van der Waals surface area contributed by atoms with Crippen molar-refractivity contribution in [1.82, 2.24) is 15.1 Å². The molecule has 29 heavy (non-hydrogen) atoms. The van der Waals surface area contributed by atoms with Crippen LogP contribution in [0.3, 0.4) is 0 Å². The van der Waals surface area contributed by atoms with Crippen molar-refractivity contribution >= 4 is 5.91 Å². The molecule has 7 nitrogen and oxygen atoms in total. The van der Waals surface area contributed by atoms with Crippen LogP contribution in [0.2, 0.25) is 0 Å². The van der Waals surface area contributed by atoms with Crippen molar-refractivity contribution in [2.24, 2.45) is 7.05 Å². The van der Waals surface area contributed by atoms with Crippen molar-refractivity contribution in [3.63, 3.8) is 0 Å². The smallest absolute Gasteiger partial charge is 0.259 e. The molecule has 0 fully saturated rings. The van der Waals surface area contributed by atoms with Gasteiger partial charge in [0.15, 0.2) is 6.29 Å². The van der Waals surface area contributed by atoms with Crippen molar-refractivity contribution in [2.45, 2.75) is 33.1 Å². The van der Waals surface area contributed by atoms with Gasteiger partial charge in [0.25, 0.3) is 5.91 Å². The Bertz CT molecular complexity index is 992. The molecule has 3 aromatic rings. The quantitative estimate of drug-likeness (QED) is 0.557. The lowest BCUT2D eigenvalue weighted by Crippen LogP contribution is -2.27. The van der Waals surface area contributed by atoms with E-state index in [4.69, 9.17) is 4.74 Å². The first kappa shape index (κ1) is 20.6. The van der Waals surface area contributed by atoms with Gasteiger partial charge in [0.05, 0.1) is 11.7 Å². The summed E-state index contributed by atoms with van der Waals surface area (Å²) in [6.45, 7) is 5.61. The molecule has 0 spiro atoms. The highest BCUT2D eigenvalue weighted by molar-refractivity contribution is 5.98. The lowest BCUT2D eigenvalue weighted by Gasteiger charge is -2.16. The summed E-state index contributed by atoms with van der Waals surface area (Å²) in [5.74, 6) is 0.699. The Morgan fingerprint density at radius 1 is 1.03 bits per heavy atom. The van der Waals surface area contributed by atoms with Crippen LogP contribution in [0.25, 0.3) is 0 Å². The molecule has 1 heterocycles. The van der Waals surface area contributed by atoms with E-state index in [1.807, 2.05) is 38.1 Å². The van der Waals surface area contributed by atoms with Crippen LogP contribution in [0.15, 0.2) is 48.5 Å². The van der Waals surface area contributed by atoms with Crippen LogP contribution < -0.4 is 10.1 Å². The molecule has 0 radical (unpaired) electrons. The van der Waals surface area contributed by atoms with Crippen molar-refractivity contribution in [3.8, 4) is 11.6 Å². The van der Waals surface area contributed by atoms with Crippen LogP contribution in [0, 0.1) is 13.8 Å². The fourth-order valence-electron chi connectivity index (χ4n) is 3.04. The van der Waals surface area contributed by atoms with Crippen LogP contribution in [0.4, 0.5) is 0 Å². The van der Waals surface area contributed by atoms with Gasteiger partial charge >= 0.3 is 0 Å². The Labute approximate surface area is 169 Å². The number of benzene rings is 2. The molecule has 0 aliphatic rings.